The Labute approximate surface area is 150 Å². The Morgan fingerprint density at radius 1 is 0.960 bits per heavy atom. The molecule has 1 atom stereocenters. The topological polar surface area (TPSA) is 72.2 Å². The number of benzene rings is 3. The molecule has 4 nitrogen and oxygen atoms in total. The van der Waals surface area contributed by atoms with Gasteiger partial charge in [-0.3, -0.25) is 9.59 Å². The van der Waals surface area contributed by atoms with Crippen molar-refractivity contribution >= 4 is 34.2 Å². The van der Waals surface area contributed by atoms with Gasteiger partial charge in [0, 0.05) is 17.0 Å². The van der Waals surface area contributed by atoms with Crippen molar-refractivity contribution in [2.45, 2.75) is 12.5 Å². The number of carbonyl (C=O) groups is 2. The molecule has 0 aliphatic heterocycles. The molecule has 2 amide bonds. The molecule has 3 rings (SSSR count). The zero-order chi connectivity index (χ0) is 17.8. The number of hydrogen-bond acceptors (Lipinski definition) is 2. The lowest BCUT2D eigenvalue weighted by molar-refractivity contribution is -0.119. The van der Waals surface area contributed by atoms with Gasteiger partial charge in [-0.25, -0.2) is 0 Å². The standard InChI is InChI=1S/C20H17ClN2O2/c21-15-10-8-13(9-11-15)12-18(19(22)24)23-20(25)17-7-3-5-14-4-1-2-6-16(14)17/h1-11,18H,12H2,(H2,22,24)(H,23,25)/t18-/m1/s1. The zero-order valence-electron chi connectivity index (χ0n) is 13.4. The number of rotatable bonds is 5. The summed E-state index contributed by atoms with van der Waals surface area (Å²) in [7, 11) is 0. The Bertz CT molecular complexity index is 917. The molecule has 25 heavy (non-hydrogen) atoms. The van der Waals surface area contributed by atoms with Gasteiger partial charge < -0.3 is 11.1 Å². The van der Waals surface area contributed by atoms with Crippen LogP contribution >= 0.6 is 11.6 Å². The molecule has 0 bridgehead atoms. The fraction of sp³-hybridized carbons (Fsp3) is 0.100. The average molecular weight is 353 g/mol. The lowest BCUT2D eigenvalue weighted by atomic mass is 10.0. The van der Waals surface area contributed by atoms with Crippen molar-refractivity contribution in [1.29, 1.82) is 0 Å². The van der Waals surface area contributed by atoms with Gasteiger partial charge in [-0.15, -0.1) is 0 Å². The fourth-order valence-corrected chi connectivity index (χ4v) is 2.86. The van der Waals surface area contributed by atoms with E-state index >= 15 is 0 Å². The highest BCUT2D eigenvalue weighted by Gasteiger charge is 2.20. The number of primary amides is 1. The van der Waals surface area contributed by atoms with Crippen LogP contribution in [0.3, 0.4) is 0 Å². The highest BCUT2D eigenvalue weighted by Crippen LogP contribution is 2.19. The van der Waals surface area contributed by atoms with Crippen molar-refractivity contribution in [3.8, 4) is 0 Å². The number of nitrogens with one attached hydrogen (secondary N) is 1. The smallest absolute Gasteiger partial charge is 0.252 e. The van der Waals surface area contributed by atoms with Crippen LogP contribution in [0.2, 0.25) is 5.02 Å². The predicted octanol–water partition coefficient (Wildman–Crippen LogP) is 3.32. The zero-order valence-corrected chi connectivity index (χ0v) is 14.2. The minimum Gasteiger partial charge on any atom is -0.368 e. The summed E-state index contributed by atoms with van der Waals surface area (Å²) in [4.78, 5) is 24.5. The lowest BCUT2D eigenvalue weighted by Crippen LogP contribution is -2.45. The highest BCUT2D eigenvalue weighted by atomic mass is 35.5. The molecule has 0 aliphatic rings. The molecule has 0 spiro atoms. The number of amides is 2. The molecule has 0 aromatic heterocycles. The summed E-state index contributed by atoms with van der Waals surface area (Å²) in [6, 6.07) is 19.4. The van der Waals surface area contributed by atoms with Gasteiger partial charge in [-0.05, 0) is 34.5 Å². The maximum absolute atomic E-state index is 12.7. The van der Waals surface area contributed by atoms with E-state index in [4.69, 9.17) is 17.3 Å². The van der Waals surface area contributed by atoms with Crippen LogP contribution in [0.25, 0.3) is 10.8 Å². The van der Waals surface area contributed by atoms with E-state index in [0.29, 0.717) is 17.0 Å². The lowest BCUT2D eigenvalue weighted by Gasteiger charge is -2.16. The van der Waals surface area contributed by atoms with Crippen LogP contribution in [-0.4, -0.2) is 17.9 Å². The highest BCUT2D eigenvalue weighted by molar-refractivity contribution is 6.30. The first-order chi connectivity index (χ1) is 12.0. The van der Waals surface area contributed by atoms with Crippen LogP contribution in [0.1, 0.15) is 15.9 Å². The molecular weight excluding hydrogens is 336 g/mol. The summed E-state index contributed by atoms with van der Waals surface area (Å²) in [6.07, 6.45) is 0.309. The van der Waals surface area contributed by atoms with E-state index < -0.39 is 11.9 Å². The maximum Gasteiger partial charge on any atom is 0.252 e. The molecule has 0 saturated carbocycles. The molecule has 0 saturated heterocycles. The van der Waals surface area contributed by atoms with Crippen molar-refractivity contribution < 1.29 is 9.59 Å². The molecule has 126 valence electrons. The van der Waals surface area contributed by atoms with Gasteiger partial charge in [0.25, 0.3) is 5.91 Å². The summed E-state index contributed by atoms with van der Waals surface area (Å²) in [6.45, 7) is 0. The molecule has 0 heterocycles. The summed E-state index contributed by atoms with van der Waals surface area (Å²) < 4.78 is 0. The third-order valence-electron chi connectivity index (χ3n) is 4.04. The van der Waals surface area contributed by atoms with E-state index in [0.717, 1.165) is 16.3 Å². The average Bonchev–Trinajstić information content (AvgIpc) is 2.62. The molecule has 3 aromatic carbocycles. The number of halogens is 1. The van der Waals surface area contributed by atoms with Crippen molar-refractivity contribution in [1.82, 2.24) is 5.32 Å². The number of hydrogen-bond donors (Lipinski definition) is 2. The van der Waals surface area contributed by atoms with Crippen LogP contribution < -0.4 is 11.1 Å². The van der Waals surface area contributed by atoms with Gasteiger partial charge in [-0.2, -0.15) is 0 Å². The van der Waals surface area contributed by atoms with Gasteiger partial charge in [0.05, 0.1) is 0 Å². The molecule has 0 unspecified atom stereocenters. The molecule has 3 aromatic rings. The molecular formula is C20H17ClN2O2. The van der Waals surface area contributed by atoms with Crippen LogP contribution in [0, 0.1) is 0 Å². The molecule has 0 aliphatic carbocycles. The first kappa shape index (κ1) is 17.0. The molecule has 0 fully saturated rings. The summed E-state index contributed by atoms with van der Waals surface area (Å²) in [5, 5.41) is 5.14. The first-order valence-electron chi connectivity index (χ1n) is 7.87. The van der Waals surface area contributed by atoms with Gasteiger partial charge in [0.2, 0.25) is 5.91 Å². The molecule has 5 heteroatoms. The Morgan fingerprint density at radius 2 is 1.64 bits per heavy atom. The SMILES string of the molecule is NC(=O)[C@@H](Cc1ccc(Cl)cc1)NC(=O)c1cccc2ccccc12. The van der Waals surface area contributed by atoms with E-state index in [-0.39, 0.29) is 5.91 Å². The van der Waals surface area contributed by atoms with E-state index in [1.807, 2.05) is 48.5 Å². The van der Waals surface area contributed by atoms with Gasteiger partial charge in [-0.1, -0.05) is 60.1 Å². The van der Waals surface area contributed by atoms with Gasteiger partial charge in [0.15, 0.2) is 0 Å². The second-order valence-electron chi connectivity index (χ2n) is 5.79. The Hall–Kier alpha value is -2.85. The van der Waals surface area contributed by atoms with Crippen molar-refractivity contribution in [2.75, 3.05) is 0 Å². The Morgan fingerprint density at radius 3 is 2.36 bits per heavy atom. The molecule has 0 radical (unpaired) electrons. The minimum absolute atomic E-state index is 0.309. The third-order valence-corrected chi connectivity index (χ3v) is 4.29. The quantitative estimate of drug-likeness (QED) is 0.739. The Kier molecular flexibility index (Phi) is 5.00. The van der Waals surface area contributed by atoms with Crippen LogP contribution in [0.15, 0.2) is 66.7 Å². The van der Waals surface area contributed by atoms with Crippen molar-refractivity contribution in [2.24, 2.45) is 5.73 Å². The maximum atomic E-state index is 12.7. The predicted molar refractivity (Wildman–Crippen MR) is 99.6 cm³/mol. The largest absolute Gasteiger partial charge is 0.368 e. The normalized spacial score (nSPS) is 11.9. The third kappa shape index (κ3) is 3.98. The second kappa shape index (κ2) is 7.36. The van der Waals surface area contributed by atoms with E-state index in [1.165, 1.54) is 0 Å². The van der Waals surface area contributed by atoms with E-state index in [2.05, 4.69) is 5.32 Å². The monoisotopic (exact) mass is 352 g/mol. The van der Waals surface area contributed by atoms with Crippen LogP contribution in [0.4, 0.5) is 0 Å². The summed E-state index contributed by atoms with van der Waals surface area (Å²) in [5.41, 5.74) is 6.86. The first-order valence-corrected chi connectivity index (χ1v) is 8.25. The number of fused-ring (bicyclic) bond motifs is 1. The van der Waals surface area contributed by atoms with Crippen molar-refractivity contribution in [3.63, 3.8) is 0 Å². The van der Waals surface area contributed by atoms with E-state index in [1.54, 1.807) is 18.2 Å². The van der Waals surface area contributed by atoms with E-state index in [9.17, 15) is 9.59 Å². The fourth-order valence-electron chi connectivity index (χ4n) is 2.74. The van der Waals surface area contributed by atoms with Crippen LogP contribution in [0.5, 0.6) is 0 Å². The van der Waals surface area contributed by atoms with Gasteiger partial charge >= 0.3 is 0 Å². The molecule has 3 N–H and O–H groups in total. The Balaban J connectivity index is 1.83. The summed E-state index contributed by atoms with van der Waals surface area (Å²) in [5.74, 6) is -0.905. The van der Waals surface area contributed by atoms with Crippen LogP contribution in [-0.2, 0) is 11.2 Å². The van der Waals surface area contributed by atoms with Crippen molar-refractivity contribution in [3.05, 3.63) is 82.9 Å². The minimum atomic E-state index is -0.798. The number of nitrogens with two attached hydrogens (primary N) is 1. The second-order valence-corrected chi connectivity index (χ2v) is 6.22. The van der Waals surface area contributed by atoms with Gasteiger partial charge in [0.1, 0.15) is 6.04 Å². The summed E-state index contributed by atoms with van der Waals surface area (Å²) >= 11 is 5.87. The number of carbonyl (C=O) groups excluding carboxylic acids is 2.